The number of ether oxygens (including phenoxy) is 1. The van der Waals surface area contributed by atoms with Crippen molar-refractivity contribution in [2.45, 2.75) is 12.3 Å². The second-order valence-corrected chi connectivity index (χ2v) is 4.37. The fraction of sp³-hybridized carbons (Fsp3) is 0.538. The van der Waals surface area contributed by atoms with Gasteiger partial charge in [-0.2, -0.15) is 0 Å². The molecule has 1 saturated heterocycles. The molecule has 1 aliphatic rings. The van der Waals surface area contributed by atoms with Crippen LogP contribution in [0, 0.1) is 5.92 Å². The predicted octanol–water partition coefficient (Wildman–Crippen LogP) is 1.35. The molecule has 1 heterocycles. The highest BCUT2D eigenvalue weighted by molar-refractivity contribution is 5.30. The molecule has 3 N–H and O–H groups in total. The quantitative estimate of drug-likeness (QED) is 0.808. The Morgan fingerprint density at radius 2 is 2.12 bits per heavy atom. The van der Waals surface area contributed by atoms with Gasteiger partial charge >= 0.3 is 0 Å². The van der Waals surface area contributed by atoms with Crippen LogP contribution in [0.2, 0.25) is 0 Å². The number of hydrogen-bond acceptors (Lipinski definition) is 3. The Balaban J connectivity index is 2.14. The minimum atomic E-state index is 0.558. The van der Waals surface area contributed by atoms with Crippen LogP contribution in [-0.2, 0) is 0 Å². The van der Waals surface area contributed by atoms with Crippen LogP contribution in [-0.4, -0.2) is 26.7 Å². The van der Waals surface area contributed by atoms with Gasteiger partial charge in [0.1, 0.15) is 5.75 Å². The first kappa shape index (κ1) is 11.4. The van der Waals surface area contributed by atoms with Crippen molar-refractivity contribution in [3.05, 3.63) is 29.8 Å². The van der Waals surface area contributed by atoms with Gasteiger partial charge in [-0.25, -0.2) is 0 Å². The van der Waals surface area contributed by atoms with Gasteiger partial charge in [0.05, 0.1) is 7.11 Å². The number of nitrogens with one attached hydrogen (secondary N) is 1. The van der Waals surface area contributed by atoms with Gasteiger partial charge in [-0.1, -0.05) is 12.1 Å². The molecule has 0 radical (unpaired) electrons. The largest absolute Gasteiger partial charge is 0.497 e. The van der Waals surface area contributed by atoms with E-state index >= 15 is 0 Å². The van der Waals surface area contributed by atoms with E-state index in [2.05, 4.69) is 17.4 Å². The molecule has 3 heteroatoms. The van der Waals surface area contributed by atoms with Gasteiger partial charge in [0.15, 0.2) is 0 Å². The number of methoxy groups -OCH3 is 1. The van der Waals surface area contributed by atoms with E-state index in [4.69, 9.17) is 10.5 Å². The standard InChI is InChI=1S/C13H20N2O/c1-16-12-4-2-10(3-5-12)13-6-7-15-9-11(13)8-14/h2-5,11,13,15H,6-9,14H2,1H3. The summed E-state index contributed by atoms with van der Waals surface area (Å²) in [5.74, 6) is 2.07. The minimum absolute atomic E-state index is 0.558. The van der Waals surface area contributed by atoms with Gasteiger partial charge < -0.3 is 15.8 Å². The van der Waals surface area contributed by atoms with E-state index < -0.39 is 0 Å². The number of hydrogen-bond donors (Lipinski definition) is 2. The molecule has 1 aliphatic heterocycles. The van der Waals surface area contributed by atoms with E-state index in [9.17, 15) is 0 Å². The number of piperidine rings is 1. The first-order valence-corrected chi connectivity index (χ1v) is 5.90. The van der Waals surface area contributed by atoms with E-state index in [1.165, 1.54) is 12.0 Å². The maximum absolute atomic E-state index is 5.82. The average Bonchev–Trinajstić information content (AvgIpc) is 2.39. The molecular weight excluding hydrogens is 200 g/mol. The molecule has 2 unspecified atom stereocenters. The number of rotatable bonds is 3. The lowest BCUT2D eigenvalue weighted by Crippen LogP contribution is -2.39. The highest BCUT2D eigenvalue weighted by Crippen LogP contribution is 2.30. The van der Waals surface area contributed by atoms with E-state index in [0.29, 0.717) is 11.8 Å². The van der Waals surface area contributed by atoms with Crippen molar-refractivity contribution in [2.75, 3.05) is 26.7 Å². The first-order valence-electron chi connectivity index (χ1n) is 5.90. The molecule has 0 aromatic heterocycles. The maximum Gasteiger partial charge on any atom is 0.118 e. The molecule has 0 aliphatic carbocycles. The van der Waals surface area contributed by atoms with Gasteiger partial charge in [0.2, 0.25) is 0 Å². The van der Waals surface area contributed by atoms with Crippen LogP contribution in [0.15, 0.2) is 24.3 Å². The second kappa shape index (κ2) is 5.32. The fourth-order valence-corrected chi connectivity index (χ4v) is 2.46. The van der Waals surface area contributed by atoms with Crippen molar-refractivity contribution < 1.29 is 4.74 Å². The van der Waals surface area contributed by atoms with Crippen LogP contribution in [0.25, 0.3) is 0 Å². The molecule has 1 fully saturated rings. The highest BCUT2D eigenvalue weighted by atomic mass is 16.5. The lowest BCUT2D eigenvalue weighted by Gasteiger charge is -2.31. The highest BCUT2D eigenvalue weighted by Gasteiger charge is 2.24. The lowest BCUT2D eigenvalue weighted by atomic mass is 9.81. The molecule has 16 heavy (non-hydrogen) atoms. The molecule has 1 aromatic rings. The number of nitrogens with two attached hydrogens (primary N) is 1. The van der Waals surface area contributed by atoms with Gasteiger partial charge in [-0.15, -0.1) is 0 Å². The van der Waals surface area contributed by atoms with Crippen LogP contribution >= 0.6 is 0 Å². The first-order chi connectivity index (χ1) is 7.85. The third-order valence-corrected chi connectivity index (χ3v) is 3.45. The summed E-state index contributed by atoms with van der Waals surface area (Å²) >= 11 is 0. The van der Waals surface area contributed by atoms with Crippen LogP contribution in [0.3, 0.4) is 0 Å². The van der Waals surface area contributed by atoms with Crippen molar-refractivity contribution in [2.24, 2.45) is 11.7 Å². The summed E-state index contributed by atoms with van der Waals surface area (Å²) in [5.41, 5.74) is 7.21. The lowest BCUT2D eigenvalue weighted by molar-refractivity contribution is 0.332. The topological polar surface area (TPSA) is 47.3 Å². The van der Waals surface area contributed by atoms with Crippen LogP contribution in [0.1, 0.15) is 17.9 Å². The summed E-state index contributed by atoms with van der Waals surface area (Å²) in [5, 5.41) is 3.40. The molecule has 3 nitrogen and oxygen atoms in total. The van der Waals surface area contributed by atoms with Crippen molar-refractivity contribution >= 4 is 0 Å². The summed E-state index contributed by atoms with van der Waals surface area (Å²) < 4.78 is 5.17. The summed E-state index contributed by atoms with van der Waals surface area (Å²) in [6.07, 6.45) is 1.17. The Kier molecular flexibility index (Phi) is 3.80. The minimum Gasteiger partial charge on any atom is -0.497 e. The van der Waals surface area contributed by atoms with Gasteiger partial charge in [0.25, 0.3) is 0 Å². The fourth-order valence-electron chi connectivity index (χ4n) is 2.46. The normalized spacial score (nSPS) is 25.4. The Morgan fingerprint density at radius 3 is 2.75 bits per heavy atom. The van der Waals surface area contributed by atoms with Crippen LogP contribution in [0.4, 0.5) is 0 Å². The smallest absolute Gasteiger partial charge is 0.118 e. The van der Waals surface area contributed by atoms with E-state index in [0.717, 1.165) is 25.4 Å². The SMILES string of the molecule is COc1ccc(C2CCNCC2CN)cc1. The van der Waals surface area contributed by atoms with Crippen molar-refractivity contribution in [1.29, 1.82) is 0 Å². The summed E-state index contributed by atoms with van der Waals surface area (Å²) in [7, 11) is 1.70. The Hall–Kier alpha value is -1.06. The zero-order valence-electron chi connectivity index (χ0n) is 9.78. The van der Waals surface area contributed by atoms with Crippen molar-refractivity contribution in [3.8, 4) is 5.75 Å². The predicted molar refractivity (Wildman–Crippen MR) is 65.8 cm³/mol. The molecule has 2 rings (SSSR count). The molecule has 2 atom stereocenters. The zero-order valence-corrected chi connectivity index (χ0v) is 9.78. The van der Waals surface area contributed by atoms with Crippen LogP contribution in [0.5, 0.6) is 5.75 Å². The monoisotopic (exact) mass is 220 g/mol. The Morgan fingerprint density at radius 1 is 1.38 bits per heavy atom. The van der Waals surface area contributed by atoms with Gasteiger partial charge in [-0.3, -0.25) is 0 Å². The van der Waals surface area contributed by atoms with Crippen LogP contribution < -0.4 is 15.8 Å². The summed E-state index contributed by atoms with van der Waals surface area (Å²) in [6.45, 7) is 2.88. The van der Waals surface area contributed by atoms with Crippen molar-refractivity contribution in [3.63, 3.8) is 0 Å². The molecule has 88 valence electrons. The Labute approximate surface area is 97.0 Å². The molecule has 0 spiro atoms. The third-order valence-electron chi connectivity index (χ3n) is 3.45. The van der Waals surface area contributed by atoms with Crippen molar-refractivity contribution in [1.82, 2.24) is 5.32 Å². The van der Waals surface area contributed by atoms with E-state index in [-0.39, 0.29) is 0 Å². The second-order valence-electron chi connectivity index (χ2n) is 4.37. The molecule has 0 saturated carbocycles. The average molecular weight is 220 g/mol. The zero-order chi connectivity index (χ0) is 11.4. The molecule has 1 aromatic carbocycles. The molecular formula is C13H20N2O. The maximum atomic E-state index is 5.82. The summed E-state index contributed by atoms with van der Waals surface area (Å²) in [4.78, 5) is 0. The molecule has 0 bridgehead atoms. The van der Waals surface area contributed by atoms with E-state index in [1.54, 1.807) is 7.11 Å². The Bertz CT molecular complexity index is 323. The number of benzene rings is 1. The molecule has 0 amide bonds. The van der Waals surface area contributed by atoms with Gasteiger partial charge in [-0.05, 0) is 55.6 Å². The third kappa shape index (κ3) is 2.36. The summed E-state index contributed by atoms with van der Waals surface area (Å²) in [6, 6.07) is 8.39. The van der Waals surface area contributed by atoms with E-state index in [1.807, 2.05) is 12.1 Å². The van der Waals surface area contributed by atoms with Gasteiger partial charge in [0, 0.05) is 0 Å².